The number of hydrogen-bond acceptors (Lipinski definition) is 5. The lowest BCUT2D eigenvalue weighted by atomic mass is 10.2. The lowest BCUT2D eigenvalue weighted by Gasteiger charge is -2.34. The van der Waals surface area contributed by atoms with E-state index in [4.69, 9.17) is 16.3 Å². The van der Waals surface area contributed by atoms with E-state index in [1.807, 2.05) is 18.2 Å². The monoisotopic (exact) mass is 393 g/mol. The second-order valence-corrected chi connectivity index (χ2v) is 8.57. The molecule has 0 radical (unpaired) electrons. The Morgan fingerprint density at radius 2 is 1.85 bits per heavy atom. The smallest absolute Gasteiger partial charge is 0.264 e. The highest BCUT2D eigenvalue weighted by atomic mass is 35.5. The standard InChI is InChI=1S/C18H20ClN3O3S/c19-14-2-1-3-16(12-14)26(23,24)22-10-11-25-18-5-4-15(13-17(18)22)21-8-6-20-7-9-21/h1-5,12-13,20H,6-11H2. The van der Waals surface area contributed by atoms with Gasteiger partial charge in [0.15, 0.2) is 0 Å². The van der Waals surface area contributed by atoms with Crippen LogP contribution >= 0.6 is 11.6 Å². The second-order valence-electron chi connectivity index (χ2n) is 6.27. The molecule has 26 heavy (non-hydrogen) atoms. The van der Waals surface area contributed by atoms with Gasteiger partial charge < -0.3 is 15.0 Å². The topological polar surface area (TPSA) is 61.9 Å². The molecule has 2 aromatic carbocycles. The number of nitrogens with zero attached hydrogens (tertiary/aromatic N) is 2. The van der Waals surface area contributed by atoms with Gasteiger partial charge in [-0.3, -0.25) is 4.31 Å². The van der Waals surface area contributed by atoms with Gasteiger partial charge in [0.05, 0.1) is 17.1 Å². The van der Waals surface area contributed by atoms with Crippen LogP contribution in [-0.2, 0) is 10.0 Å². The molecule has 0 unspecified atom stereocenters. The summed E-state index contributed by atoms with van der Waals surface area (Å²) in [5.41, 5.74) is 1.58. The number of nitrogens with one attached hydrogen (secondary N) is 1. The number of sulfonamides is 1. The molecule has 1 N–H and O–H groups in total. The average Bonchev–Trinajstić information content (AvgIpc) is 2.68. The van der Waals surface area contributed by atoms with E-state index in [9.17, 15) is 8.42 Å². The van der Waals surface area contributed by atoms with Gasteiger partial charge in [-0.25, -0.2) is 8.42 Å². The summed E-state index contributed by atoms with van der Waals surface area (Å²) in [6, 6.07) is 12.1. The molecule has 2 aliphatic heterocycles. The van der Waals surface area contributed by atoms with Gasteiger partial charge in [0, 0.05) is 36.9 Å². The maximum atomic E-state index is 13.2. The Hall–Kier alpha value is -1.96. The first kappa shape index (κ1) is 17.5. The van der Waals surface area contributed by atoms with Crippen LogP contribution in [0.25, 0.3) is 0 Å². The number of piperazine rings is 1. The number of ether oxygens (including phenoxy) is 1. The number of anilines is 2. The molecule has 0 saturated carbocycles. The summed E-state index contributed by atoms with van der Waals surface area (Å²) in [7, 11) is -3.71. The van der Waals surface area contributed by atoms with Crippen molar-refractivity contribution in [2.24, 2.45) is 0 Å². The molecule has 0 atom stereocenters. The number of hydrogen-bond donors (Lipinski definition) is 1. The Bertz CT molecular complexity index is 914. The van der Waals surface area contributed by atoms with Crippen LogP contribution in [0.1, 0.15) is 0 Å². The molecule has 138 valence electrons. The molecule has 1 fully saturated rings. The van der Waals surface area contributed by atoms with Gasteiger partial charge in [-0.2, -0.15) is 0 Å². The Kier molecular flexibility index (Phi) is 4.69. The molecule has 2 heterocycles. The first-order chi connectivity index (χ1) is 12.6. The van der Waals surface area contributed by atoms with Crippen molar-refractivity contribution in [2.45, 2.75) is 4.90 Å². The van der Waals surface area contributed by atoms with E-state index in [1.165, 1.54) is 10.4 Å². The van der Waals surface area contributed by atoms with Gasteiger partial charge in [0.2, 0.25) is 0 Å². The van der Waals surface area contributed by atoms with Crippen LogP contribution in [0.2, 0.25) is 5.02 Å². The molecule has 0 aromatic heterocycles. The molecule has 2 aromatic rings. The van der Waals surface area contributed by atoms with Gasteiger partial charge >= 0.3 is 0 Å². The quantitative estimate of drug-likeness (QED) is 0.867. The molecular formula is C18H20ClN3O3S. The van der Waals surface area contributed by atoms with Crippen LogP contribution in [0.5, 0.6) is 5.75 Å². The summed E-state index contributed by atoms with van der Waals surface area (Å²) in [6.07, 6.45) is 0. The molecule has 0 amide bonds. The normalized spacial score (nSPS) is 17.6. The van der Waals surface area contributed by atoms with E-state index in [0.29, 0.717) is 23.1 Å². The van der Waals surface area contributed by atoms with Crippen molar-refractivity contribution in [1.82, 2.24) is 5.32 Å². The van der Waals surface area contributed by atoms with E-state index in [0.717, 1.165) is 31.9 Å². The first-order valence-electron chi connectivity index (χ1n) is 8.56. The summed E-state index contributed by atoms with van der Waals surface area (Å²) < 4.78 is 33.5. The number of rotatable bonds is 3. The van der Waals surface area contributed by atoms with Gasteiger partial charge in [0.1, 0.15) is 12.4 Å². The molecule has 2 aliphatic rings. The maximum Gasteiger partial charge on any atom is 0.264 e. The predicted octanol–water partition coefficient (Wildman–Crippen LogP) is 2.34. The molecule has 8 heteroatoms. The van der Waals surface area contributed by atoms with E-state index >= 15 is 0 Å². The highest BCUT2D eigenvalue weighted by molar-refractivity contribution is 7.92. The second kappa shape index (κ2) is 6.98. The largest absolute Gasteiger partial charge is 0.489 e. The number of benzene rings is 2. The third-order valence-electron chi connectivity index (χ3n) is 4.63. The Labute approximate surface area is 158 Å². The molecule has 6 nitrogen and oxygen atoms in total. The Morgan fingerprint density at radius 1 is 1.04 bits per heavy atom. The van der Waals surface area contributed by atoms with Gasteiger partial charge in [-0.15, -0.1) is 0 Å². The third kappa shape index (κ3) is 3.22. The van der Waals surface area contributed by atoms with E-state index in [2.05, 4.69) is 10.2 Å². The lowest BCUT2D eigenvalue weighted by Crippen LogP contribution is -2.43. The fraction of sp³-hybridized carbons (Fsp3) is 0.333. The van der Waals surface area contributed by atoms with Crippen LogP contribution in [-0.4, -0.2) is 47.7 Å². The summed E-state index contributed by atoms with van der Waals surface area (Å²) >= 11 is 6.00. The first-order valence-corrected chi connectivity index (χ1v) is 10.4. The highest BCUT2D eigenvalue weighted by Crippen LogP contribution is 2.38. The van der Waals surface area contributed by atoms with Crippen molar-refractivity contribution < 1.29 is 13.2 Å². The van der Waals surface area contributed by atoms with Gasteiger partial charge in [-0.1, -0.05) is 17.7 Å². The fourth-order valence-corrected chi connectivity index (χ4v) is 5.06. The molecule has 0 aliphatic carbocycles. The van der Waals surface area contributed by atoms with Crippen LogP contribution < -0.4 is 19.3 Å². The Morgan fingerprint density at radius 3 is 2.62 bits per heavy atom. The zero-order valence-electron chi connectivity index (χ0n) is 14.2. The number of fused-ring (bicyclic) bond motifs is 1. The highest BCUT2D eigenvalue weighted by Gasteiger charge is 2.31. The molecule has 0 spiro atoms. The minimum absolute atomic E-state index is 0.186. The lowest BCUT2D eigenvalue weighted by molar-refractivity contribution is 0.316. The molecule has 4 rings (SSSR count). The van der Waals surface area contributed by atoms with Crippen LogP contribution in [0.4, 0.5) is 11.4 Å². The summed E-state index contributed by atoms with van der Waals surface area (Å²) in [5.74, 6) is 0.584. The SMILES string of the molecule is O=S(=O)(c1cccc(Cl)c1)N1CCOc2ccc(N3CCNCC3)cc21. The van der Waals surface area contributed by atoms with Crippen LogP contribution in [0, 0.1) is 0 Å². The predicted molar refractivity (Wildman–Crippen MR) is 103 cm³/mol. The van der Waals surface area contributed by atoms with E-state index < -0.39 is 10.0 Å². The van der Waals surface area contributed by atoms with Crippen molar-refractivity contribution in [1.29, 1.82) is 0 Å². The summed E-state index contributed by atoms with van der Waals surface area (Å²) in [6.45, 7) is 4.20. The summed E-state index contributed by atoms with van der Waals surface area (Å²) in [5, 5.41) is 3.72. The van der Waals surface area contributed by atoms with E-state index in [-0.39, 0.29) is 11.4 Å². The van der Waals surface area contributed by atoms with Crippen LogP contribution in [0.15, 0.2) is 47.4 Å². The fourth-order valence-electron chi connectivity index (χ4n) is 3.31. The molecule has 0 bridgehead atoms. The van der Waals surface area contributed by atoms with Crippen molar-refractivity contribution in [3.05, 3.63) is 47.5 Å². The van der Waals surface area contributed by atoms with Crippen molar-refractivity contribution in [2.75, 3.05) is 48.5 Å². The average molecular weight is 394 g/mol. The third-order valence-corrected chi connectivity index (χ3v) is 6.67. The van der Waals surface area contributed by atoms with Gasteiger partial charge in [-0.05, 0) is 36.4 Å². The molecular weight excluding hydrogens is 374 g/mol. The zero-order valence-corrected chi connectivity index (χ0v) is 15.8. The van der Waals surface area contributed by atoms with Crippen molar-refractivity contribution in [3.63, 3.8) is 0 Å². The van der Waals surface area contributed by atoms with Crippen molar-refractivity contribution in [3.8, 4) is 5.75 Å². The Balaban J connectivity index is 1.74. The zero-order chi connectivity index (χ0) is 18.1. The van der Waals surface area contributed by atoms with Crippen molar-refractivity contribution >= 4 is 33.0 Å². The van der Waals surface area contributed by atoms with Gasteiger partial charge in [0.25, 0.3) is 10.0 Å². The summed E-state index contributed by atoms with van der Waals surface area (Å²) in [4.78, 5) is 2.43. The maximum absolute atomic E-state index is 13.2. The van der Waals surface area contributed by atoms with Crippen LogP contribution in [0.3, 0.4) is 0 Å². The number of halogens is 1. The molecule has 1 saturated heterocycles. The minimum atomic E-state index is -3.71. The minimum Gasteiger partial charge on any atom is -0.489 e. The van der Waals surface area contributed by atoms with E-state index in [1.54, 1.807) is 18.2 Å².